The number of aromatic nitrogens is 1. The number of para-hydroxylation sites is 3. The van der Waals surface area contributed by atoms with Gasteiger partial charge in [0, 0.05) is 34.2 Å². The van der Waals surface area contributed by atoms with Crippen molar-refractivity contribution in [2.45, 2.75) is 6.54 Å². The van der Waals surface area contributed by atoms with E-state index in [-0.39, 0.29) is 10.7 Å². The van der Waals surface area contributed by atoms with E-state index in [1.807, 2.05) is 91.1 Å². The van der Waals surface area contributed by atoms with E-state index in [0.29, 0.717) is 22.9 Å². The molecule has 7 heteroatoms. The third-order valence-electron chi connectivity index (χ3n) is 6.70. The number of amides is 2. The molecule has 2 amide bonds. The van der Waals surface area contributed by atoms with Crippen molar-refractivity contribution in [3.8, 4) is 0 Å². The van der Waals surface area contributed by atoms with Crippen LogP contribution < -0.4 is 9.80 Å². The summed E-state index contributed by atoms with van der Waals surface area (Å²) in [6.07, 6.45) is 3.62. The summed E-state index contributed by atoms with van der Waals surface area (Å²) < 4.78 is 2.08. The Morgan fingerprint density at radius 1 is 0.692 bits per heavy atom. The number of nitrogens with zero attached hydrogens (tertiary/aromatic N) is 3. The largest absolute Gasteiger partial charge is 0.342 e. The van der Waals surface area contributed by atoms with Crippen molar-refractivity contribution in [3.05, 3.63) is 137 Å². The first kappa shape index (κ1) is 24.8. The van der Waals surface area contributed by atoms with Gasteiger partial charge in [-0.05, 0) is 60.3 Å². The monoisotopic (exact) mass is 547 g/mol. The Kier molecular flexibility index (Phi) is 6.57. The second-order valence-corrected chi connectivity index (χ2v) is 9.89. The lowest BCUT2D eigenvalue weighted by atomic mass is 10.0. The summed E-state index contributed by atoms with van der Waals surface area (Å²) in [5, 5.41) is 1.71. The zero-order chi connectivity index (χ0) is 26.9. The Bertz CT molecular complexity index is 1700. The molecule has 1 aliphatic rings. The quantitative estimate of drug-likeness (QED) is 0.134. The average molecular weight is 548 g/mol. The topological polar surface area (TPSA) is 45.6 Å². The Morgan fingerprint density at radius 2 is 1.23 bits per heavy atom. The molecule has 2 heterocycles. The van der Waals surface area contributed by atoms with E-state index in [1.54, 1.807) is 30.3 Å². The number of fused-ring (bicyclic) bond motifs is 1. The molecule has 0 spiro atoms. The predicted molar refractivity (Wildman–Crippen MR) is 161 cm³/mol. The molecule has 1 aliphatic heterocycles. The molecule has 39 heavy (non-hydrogen) atoms. The molecule has 0 radical (unpaired) electrons. The standard InChI is InChI=1S/C32H22ClN3O2S/c33-28-17-9-7-11-22(28)20-34-21-23(26-16-8-10-18-29(26)34)19-27-30(37)35(24-12-3-1-4-13-24)32(39)36(31(27)38)25-14-5-2-6-15-25/h1-19,21H,20H2. The van der Waals surface area contributed by atoms with Crippen LogP contribution in [0.5, 0.6) is 0 Å². The molecule has 1 fully saturated rings. The van der Waals surface area contributed by atoms with Crippen LogP contribution in [-0.4, -0.2) is 21.5 Å². The van der Waals surface area contributed by atoms with Crippen molar-refractivity contribution in [1.82, 2.24) is 4.57 Å². The Hall–Kier alpha value is -4.52. The molecule has 1 saturated heterocycles. The Morgan fingerprint density at radius 3 is 1.85 bits per heavy atom. The van der Waals surface area contributed by atoms with Gasteiger partial charge in [0.1, 0.15) is 5.57 Å². The highest BCUT2D eigenvalue weighted by molar-refractivity contribution is 7.81. The van der Waals surface area contributed by atoms with Crippen LogP contribution in [0.1, 0.15) is 11.1 Å². The van der Waals surface area contributed by atoms with Crippen LogP contribution in [0.4, 0.5) is 11.4 Å². The van der Waals surface area contributed by atoms with Crippen molar-refractivity contribution in [3.63, 3.8) is 0 Å². The van der Waals surface area contributed by atoms with E-state index in [0.717, 1.165) is 22.0 Å². The van der Waals surface area contributed by atoms with Crippen LogP contribution in [0.3, 0.4) is 0 Å². The third-order valence-corrected chi connectivity index (χ3v) is 7.43. The number of rotatable bonds is 5. The first-order valence-electron chi connectivity index (χ1n) is 12.4. The first-order chi connectivity index (χ1) is 19.0. The summed E-state index contributed by atoms with van der Waals surface area (Å²) in [7, 11) is 0. The van der Waals surface area contributed by atoms with Gasteiger partial charge in [-0.3, -0.25) is 19.4 Å². The number of hydrogen-bond acceptors (Lipinski definition) is 3. The van der Waals surface area contributed by atoms with Gasteiger partial charge in [-0.1, -0.05) is 84.4 Å². The normalized spacial score (nSPS) is 13.9. The van der Waals surface area contributed by atoms with Gasteiger partial charge in [0.15, 0.2) is 5.11 Å². The van der Waals surface area contributed by atoms with Gasteiger partial charge in [0.25, 0.3) is 11.8 Å². The molecule has 5 nitrogen and oxygen atoms in total. The van der Waals surface area contributed by atoms with Crippen molar-refractivity contribution in [2.24, 2.45) is 0 Å². The minimum absolute atomic E-state index is 0.0250. The third kappa shape index (κ3) is 4.54. The molecular weight excluding hydrogens is 526 g/mol. The summed E-state index contributed by atoms with van der Waals surface area (Å²) in [6, 6.07) is 33.9. The summed E-state index contributed by atoms with van der Waals surface area (Å²) in [5.41, 5.74) is 3.90. The van der Waals surface area contributed by atoms with E-state index >= 15 is 0 Å². The van der Waals surface area contributed by atoms with Crippen molar-refractivity contribution < 1.29 is 9.59 Å². The van der Waals surface area contributed by atoms with Crippen molar-refractivity contribution in [1.29, 1.82) is 0 Å². The molecule has 0 atom stereocenters. The predicted octanol–water partition coefficient (Wildman–Crippen LogP) is 7.09. The lowest BCUT2D eigenvalue weighted by Crippen LogP contribution is -2.56. The molecule has 0 saturated carbocycles. The van der Waals surface area contributed by atoms with Gasteiger partial charge < -0.3 is 4.57 Å². The number of benzene rings is 4. The number of hydrogen-bond donors (Lipinski definition) is 0. The summed E-state index contributed by atoms with van der Waals surface area (Å²) >= 11 is 12.2. The minimum atomic E-state index is -0.466. The van der Waals surface area contributed by atoms with E-state index in [9.17, 15) is 9.59 Å². The fourth-order valence-electron chi connectivity index (χ4n) is 4.83. The second kappa shape index (κ2) is 10.3. The van der Waals surface area contributed by atoms with Crippen LogP contribution in [0, 0.1) is 0 Å². The van der Waals surface area contributed by atoms with E-state index < -0.39 is 11.8 Å². The Balaban J connectivity index is 1.50. The number of carbonyl (C=O) groups excluding carboxylic acids is 2. The zero-order valence-electron chi connectivity index (χ0n) is 20.7. The van der Waals surface area contributed by atoms with Crippen LogP contribution in [-0.2, 0) is 16.1 Å². The second-order valence-electron chi connectivity index (χ2n) is 9.11. The molecule has 4 aromatic carbocycles. The zero-order valence-corrected chi connectivity index (χ0v) is 22.3. The van der Waals surface area contributed by atoms with Gasteiger partial charge in [-0.25, -0.2) is 0 Å². The molecule has 0 bridgehead atoms. The summed E-state index contributed by atoms with van der Waals surface area (Å²) in [6.45, 7) is 0.543. The van der Waals surface area contributed by atoms with Crippen LogP contribution >= 0.6 is 23.8 Å². The molecule has 0 aliphatic carbocycles. The maximum atomic E-state index is 13.9. The number of anilines is 2. The molecular formula is C32H22ClN3O2S. The minimum Gasteiger partial charge on any atom is -0.342 e. The number of carbonyl (C=O) groups is 2. The maximum Gasteiger partial charge on any atom is 0.270 e. The SMILES string of the molecule is O=C1C(=Cc2cn(Cc3ccccc3Cl)c3ccccc23)C(=O)N(c2ccccc2)C(=S)N1c1ccccc1. The smallest absolute Gasteiger partial charge is 0.270 e. The number of thiocarbonyl (C=S) groups is 1. The van der Waals surface area contributed by atoms with Gasteiger partial charge in [-0.2, -0.15) is 0 Å². The summed E-state index contributed by atoms with van der Waals surface area (Å²) in [4.78, 5) is 30.6. The molecule has 0 unspecified atom stereocenters. The van der Waals surface area contributed by atoms with E-state index in [1.165, 1.54) is 9.80 Å². The van der Waals surface area contributed by atoms with Crippen LogP contribution in [0.15, 0.2) is 121 Å². The summed E-state index contributed by atoms with van der Waals surface area (Å²) in [5.74, 6) is -0.933. The van der Waals surface area contributed by atoms with Gasteiger partial charge in [-0.15, -0.1) is 0 Å². The van der Waals surface area contributed by atoms with Gasteiger partial charge in [0.2, 0.25) is 0 Å². The first-order valence-corrected chi connectivity index (χ1v) is 13.2. The highest BCUT2D eigenvalue weighted by Gasteiger charge is 2.41. The van der Waals surface area contributed by atoms with Gasteiger partial charge in [0.05, 0.1) is 11.4 Å². The highest BCUT2D eigenvalue weighted by atomic mass is 35.5. The van der Waals surface area contributed by atoms with Gasteiger partial charge >= 0.3 is 0 Å². The Labute approximate surface area is 236 Å². The van der Waals surface area contributed by atoms with E-state index in [2.05, 4.69) is 4.57 Å². The molecule has 1 aromatic heterocycles. The maximum absolute atomic E-state index is 13.9. The van der Waals surface area contributed by atoms with E-state index in [4.69, 9.17) is 23.8 Å². The highest BCUT2D eigenvalue weighted by Crippen LogP contribution is 2.32. The number of halogens is 1. The van der Waals surface area contributed by atoms with Crippen LogP contribution in [0.2, 0.25) is 5.02 Å². The van der Waals surface area contributed by atoms with Crippen molar-refractivity contribution >= 4 is 69.1 Å². The molecule has 5 aromatic rings. The average Bonchev–Trinajstić information content (AvgIpc) is 3.30. The lowest BCUT2D eigenvalue weighted by Gasteiger charge is -2.36. The fraction of sp³-hybridized carbons (Fsp3) is 0.0312. The molecule has 0 N–H and O–H groups in total. The molecule has 190 valence electrons. The molecule has 6 rings (SSSR count). The van der Waals surface area contributed by atoms with Crippen LogP contribution in [0.25, 0.3) is 17.0 Å². The lowest BCUT2D eigenvalue weighted by molar-refractivity contribution is -0.120. The van der Waals surface area contributed by atoms with Crippen molar-refractivity contribution in [2.75, 3.05) is 9.80 Å². The fourth-order valence-corrected chi connectivity index (χ4v) is 5.40.